The van der Waals surface area contributed by atoms with Gasteiger partial charge in [0.2, 0.25) is 0 Å². The third kappa shape index (κ3) is 4.76. The number of carbonyl (C=O) groups excluding carboxylic acids is 3. The van der Waals surface area contributed by atoms with Crippen molar-refractivity contribution in [2.24, 2.45) is 0 Å². The monoisotopic (exact) mass is 384 g/mol. The molecule has 0 aliphatic heterocycles. The summed E-state index contributed by atoms with van der Waals surface area (Å²) in [6.07, 6.45) is 2.13. The van der Waals surface area contributed by atoms with Gasteiger partial charge in [0, 0.05) is 6.42 Å². The Kier molecular flexibility index (Phi) is 6.05. The number of aryl methyl sites for hydroxylation is 1. The molecule has 2 heterocycles. The molecule has 3 rings (SSSR count). The number of benzene rings is 1. The number of ether oxygens (including phenoxy) is 1. The number of imide groups is 1. The van der Waals surface area contributed by atoms with E-state index in [0.29, 0.717) is 12.2 Å². The summed E-state index contributed by atoms with van der Waals surface area (Å²) in [4.78, 5) is 40.0. The van der Waals surface area contributed by atoms with Gasteiger partial charge in [0.15, 0.2) is 6.61 Å². The van der Waals surface area contributed by atoms with Gasteiger partial charge in [-0.3, -0.25) is 14.9 Å². The van der Waals surface area contributed by atoms with Crippen LogP contribution in [0.3, 0.4) is 0 Å². The maximum atomic E-state index is 12.1. The van der Waals surface area contributed by atoms with Gasteiger partial charge in [-0.25, -0.2) is 9.78 Å². The normalized spacial score (nSPS) is 10.6. The summed E-state index contributed by atoms with van der Waals surface area (Å²) in [5.41, 5.74) is 1.61. The molecule has 0 unspecified atom stereocenters. The van der Waals surface area contributed by atoms with Crippen LogP contribution in [0.25, 0.3) is 11.0 Å². The van der Waals surface area contributed by atoms with Gasteiger partial charge in [-0.1, -0.05) is 19.1 Å². The molecule has 0 spiro atoms. The number of hydrogen-bond donors (Lipinski definition) is 2. The number of carbonyl (C=O) groups is 3. The Morgan fingerprint density at radius 2 is 2.00 bits per heavy atom. The van der Waals surface area contributed by atoms with Crippen LogP contribution < -0.4 is 10.6 Å². The smallest absolute Gasteiger partial charge is 0.326 e. The van der Waals surface area contributed by atoms with Crippen LogP contribution in [0.1, 0.15) is 18.5 Å². The molecule has 0 saturated carbocycles. The van der Waals surface area contributed by atoms with Crippen LogP contribution in [0, 0.1) is 0 Å². The molecule has 146 valence electrons. The SMILES string of the molecule is CCc1nc2ccccc2n1CC(=O)OCC(=O)NC(=O)NCc1ccco1. The largest absolute Gasteiger partial charge is 0.467 e. The van der Waals surface area contributed by atoms with Gasteiger partial charge in [-0.05, 0) is 24.3 Å². The average Bonchev–Trinajstić information content (AvgIpc) is 3.33. The Morgan fingerprint density at radius 1 is 1.18 bits per heavy atom. The van der Waals surface area contributed by atoms with Crippen LogP contribution >= 0.6 is 0 Å². The quantitative estimate of drug-likeness (QED) is 0.600. The molecule has 28 heavy (non-hydrogen) atoms. The van der Waals surface area contributed by atoms with Gasteiger partial charge < -0.3 is 19.0 Å². The van der Waals surface area contributed by atoms with Crippen molar-refractivity contribution >= 4 is 28.9 Å². The van der Waals surface area contributed by atoms with E-state index >= 15 is 0 Å². The van der Waals surface area contributed by atoms with Gasteiger partial charge >= 0.3 is 12.0 Å². The number of nitrogens with one attached hydrogen (secondary N) is 2. The first kappa shape index (κ1) is 19.2. The highest BCUT2D eigenvalue weighted by Crippen LogP contribution is 2.16. The molecule has 2 aromatic heterocycles. The Bertz CT molecular complexity index is 978. The van der Waals surface area contributed by atoms with Gasteiger partial charge in [0.1, 0.15) is 18.1 Å². The number of hydrogen-bond acceptors (Lipinski definition) is 6. The Labute approximate surface area is 160 Å². The Morgan fingerprint density at radius 3 is 2.75 bits per heavy atom. The predicted octanol–water partition coefficient (Wildman–Crippen LogP) is 1.76. The topological polar surface area (TPSA) is 115 Å². The number of imidazole rings is 1. The first-order valence-electron chi connectivity index (χ1n) is 8.76. The summed E-state index contributed by atoms with van der Waals surface area (Å²) in [7, 11) is 0. The van der Waals surface area contributed by atoms with E-state index in [9.17, 15) is 14.4 Å². The van der Waals surface area contributed by atoms with E-state index < -0.39 is 24.5 Å². The van der Waals surface area contributed by atoms with Crippen molar-refractivity contribution in [1.82, 2.24) is 20.2 Å². The molecule has 0 aliphatic rings. The van der Waals surface area contributed by atoms with E-state index in [0.717, 1.165) is 16.9 Å². The third-order valence-corrected chi connectivity index (χ3v) is 3.96. The second-order valence-electron chi connectivity index (χ2n) is 5.93. The first-order valence-corrected chi connectivity index (χ1v) is 8.76. The number of aromatic nitrogens is 2. The number of rotatable bonds is 7. The molecular formula is C19H20N4O5. The van der Waals surface area contributed by atoms with Crippen LogP contribution in [-0.2, 0) is 33.8 Å². The fourth-order valence-electron chi connectivity index (χ4n) is 2.68. The molecule has 3 amide bonds. The van der Waals surface area contributed by atoms with E-state index in [-0.39, 0.29) is 13.1 Å². The van der Waals surface area contributed by atoms with E-state index in [4.69, 9.17) is 9.15 Å². The summed E-state index contributed by atoms with van der Waals surface area (Å²) in [5.74, 6) is -0.0197. The van der Waals surface area contributed by atoms with E-state index in [1.165, 1.54) is 6.26 Å². The highest BCUT2D eigenvalue weighted by molar-refractivity contribution is 5.95. The van der Waals surface area contributed by atoms with Crippen LogP contribution in [0.5, 0.6) is 0 Å². The molecule has 0 saturated heterocycles. The minimum absolute atomic E-state index is 0.0678. The van der Waals surface area contributed by atoms with Gasteiger partial charge in [-0.2, -0.15) is 0 Å². The number of amides is 3. The second kappa shape index (κ2) is 8.85. The number of furan rings is 1. The highest BCUT2D eigenvalue weighted by Gasteiger charge is 2.15. The van der Waals surface area contributed by atoms with Gasteiger partial charge in [0.25, 0.3) is 5.91 Å². The minimum Gasteiger partial charge on any atom is -0.467 e. The number of urea groups is 1. The average molecular weight is 384 g/mol. The molecule has 3 aromatic rings. The van der Waals surface area contributed by atoms with E-state index in [1.807, 2.05) is 31.2 Å². The third-order valence-electron chi connectivity index (χ3n) is 3.96. The number of para-hydroxylation sites is 2. The van der Waals surface area contributed by atoms with Crippen molar-refractivity contribution in [2.45, 2.75) is 26.4 Å². The molecule has 0 bridgehead atoms. The molecular weight excluding hydrogens is 364 g/mol. The molecule has 9 heteroatoms. The summed E-state index contributed by atoms with van der Waals surface area (Å²) in [5, 5.41) is 4.54. The van der Waals surface area contributed by atoms with Crippen LogP contribution in [0.15, 0.2) is 47.1 Å². The van der Waals surface area contributed by atoms with Crippen LogP contribution in [0.2, 0.25) is 0 Å². The molecule has 0 fully saturated rings. The van der Waals surface area contributed by atoms with Gasteiger partial charge in [0.05, 0.1) is 23.8 Å². The summed E-state index contributed by atoms with van der Waals surface area (Å²) >= 11 is 0. The Hall–Kier alpha value is -3.62. The number of fused-ring (bicyclic) bond motifs is 1. The lowest BCUT2D eigenvalue weighted by Crippen LogP contribution is -2.41. The lowest BCUT2D eigenvalue weighted by molar-refractivity contribution is -0.148. The second-order valence-corrected chi connectivity index (χ2v) is 5.93. The van der Waals surface area contributed by atoms with Crippen molar-refractivity contribution < 1.29 is 23.5 Å². The summed E-state index contributed by atoms with van der Waals surface area (Å²) in [6, 6.07) is 10.1. The first-order chi connectivity index (χ1) is 13.6. The lowest BCUT2D eigenvalue weighted by Gasteiger charge is -2.09. The molecule has 0 aliphatic carbocycles. The fourth-order valence-corrected chi connectivity index (χ4v) is 2.68. The summed E-state index contributed by atoms with van der Waals surface area (Å²) in [6.45, 7) is 1.46. The lowest BCUT2D eigenvalue weighted by atomic mass is 10.3. The molecule has 2 N–H and O–H groups in total. The molecule has 0 atom stereocenters. The number of nitrogens with zero attached hydrogens (tertiary/aromatic N) is 2. The van der Waals surface area contributed by atoms with Gasteiger partial charge in [-0.15, -0.1) is 0 Å². The zero-order valence-electron chi connectivity index (χ0n) is 15.3. The van der Waals surface area contributed by atoms with E-state index in [2.05, 4.69) is 15.6 Å². The minimum atomic E-state index is -0.725. The van der Waals surface area contributed by atoms with Crippen molar-refractivity contribution in [3.8, 4) is 0 Å². The molecule has 1 aromatic carbocycles. The van der Waals surface area contributed by atoms with Crippen molar-refractivity contribution in [3.05, 3.63) is 54.2 Å². The molecule has 9 nitrogen and oxygen atoms in total. The fraction of sp³-hybridized carbons (Fsp3) is 0.263. The van der Waals surface area contributed by atoms with Crippen molar-refractivity contribution in [2.75, 3.05) is 6.61 Å². The Balaban J connectivity index is 1.47. The van der Waals surface area contributed by atoms with Crippen LogP contribution in [-0.4, -0.2) is 34.1 Å². The number of esters is 1. The van der Waals surface area contributed by atoms with Crippen LogP contribution in [0.4, 0.5) is 4.79 Å². The summed E-state index contributed by atoms with van der Waals surface area (Å²) < 4.78 is 11.8. The maximum absolute atomic E-state index is 12.1. The maximum Gasteiger partial charge on any atom is 0.326 e. The standard InChI is InChI=1S/C19H20N4O5/c1-2-16-21-14-7-3-4-8-15(14)23(16)11-18(25)28-12-17(24)22-19(26)20-10-13-6-5-9-27-13/h3-9H,2,10-12H2,1H3,(H2,20,22,24,26). The highest BCUT2D eigenvalue weighted by atomic mass is 16.5. The van der Waals surface area contributed by atoms with Crippen molar-refractivity contribution in [1.29, 1.82) is 0 Å². The molecule has 0 radical (unpaired) electrons. The predicted molar refractivity (Wildman–Crippen MR) is 99.2 cm³/mol. The van der Waals surface area contributed by atoms with E-state index in [1.54, 1.807) is 16.7 Å². The zero-order valence-corrected chi connectivity index (χ0v) is 15.3. The van der Waals surface area contributed by atoms with Crippen molar-refractivity contribution in [3.63, 3.8) is 0 Å². The zero-order chi connectivity index (χ0) is 19.9.